The Labute approximate surface area is 98.2 Å². The quantitative estimate of drug-likeness (QED) is 0.835. The van der Waals surface area contributed by atoms with Gasteiger partial charge in [0.25, 0.3) is 0 Å². The van der Waals surface area contributed by atoms with Crippen LogP contribution in [0.1, 0.15) is 5.56 Å². The van der Waals surface area contributed by atoms with E-state index in [-0.39, 0.29) is 12.4 Å². The zero-order valence-electron chi connectivity index (χ0n) is 8.67. The van der Waals surface area contributed by atoms with Gasteiger partial charge in [-0.2, -0.15) is 13.2 Å². The van der Waals surface area contributed by atoms with E-state index in [9.17, 15) is 13.2 Å². The molecule has 1 aromatic carbocycles. The van der Waals surface area contributed by atoms with Crippen LogP contribution < -0.4 is 5.32 Å². The maximum absolute atomic E-state index is 12.3. The van der Waals surface area contributed by atoms with Crippen molar-refractivity contribution in [2.24, 2.45) is 0 Å². The molecule has 1 N–H and O–H groups in total. The fourth-order valence-electron chi connectivity index (χ4n) is 1.10. The van der Waals surface area contributed by atoms with Crippen LogP contribution >= 0.6 is 12.4 Å². The second-order valence-electron chi connectivity index (χ2n) is 3.00. The summed E-state index contributed by atoms with van der Waals surface area (Å²) in [5.74, 6) is 0. The molecular weight excluding hydrogens is 243 g/mol. The number of rotatable bonds is 4. The minimum absolute atomic E-state index is 0. The molecule has 0 aliphatic rings. The summed E-state index contributed by atoms with van der Waals surface area (Å²) in [6.07, 6.45) is -4.29. The topological polar surface area (TPSA) is 21.3 Å². The van der Waals surface area contributed by atoms with Gasteiger partial charge in [0.2, 0.25) is 0 Å². The number of anilines is 1. The van der Waals surface area contributed by atoms with Crippen molar-refractivity contribution >= 4 is 18.1 Å². The fraction of sp³-hybridized carbons (Fsp3) is 0.400. The molecule has 0 atom stereocenters. The lowest BCUT2D eigenvalue weighted by atomic mass is 10.2. The molecule has 0 saturated heterocycles. The minimum Gasteiger partial charge on any atom is -0.383 e. The van der Waals surface area contributed by atoms with E-state index in [1.54, 1.807) is 6.07 Å². The standard InChI is InChI=1S/C10H12F3NO.ClH/c1-15-6-5-14-9-4-2-3-8(7-9)10(11,12)13;/h2-4,7,14H,5-6H2,1H3;1H. The van der Waals surface area contributed by atoms with Crippen molar-refractivity contribution < 1.29 is 17.9 Å². The van der Waals surface area contributed by atoms with Crippen molar-refractivity contribution in [1.82, 2.24) is 0 Å². The molecule has 0 amide bonds. The molecule has 0 fully saturated rings. The molecule has 0 bridgehead atoms. The third-order valence-corrected chi connectivity index (χ3v) is 1.83. The summed E-state index contributed by atoms with van der Waals surface area (Å²) in [7, 11) is 1.54. The monoisotopic (exact) mass is 255 g/mol. The largest absolute Gasteiger partial charge is 0.416 e. The normalized spacial score (nSPS) is 10.8. The SMILES string of the molecule is COCCNc1cccc(C(F)(F)F)c1.Cl. The van der Waals surface area contributed by atoms with Crippen molar-refractivity contribution in [3.63, 3.8) is 0 Å². The number of methoxy groups -OCH3 is 1. The van der Waals surface area contributed by atoms with Gasteiger partial charge in [0.1, 0.15) is 0 Å². The average molecular weight is 256 g/mol. The van der Waals surface area contributed by atoms with Crippen molar-refractivity contribution in [1.29, 1.82) is 0 Å². The molecular formula is C10H13ClF3NO. The van der Waals surface area contributed by atoms with Crippen LogP contribution in [-0.4, -0.2) is 20.3 Å². The minimum atomic E-state index is -4.29. The lowest BCUT2D eigenvalue weighted by Crippen LogP contribution is -2.09. The maximum atomic E-state index is 12.3. The number of halogens is 4. The Kier molecular flexibility index (Phi) is 6.21. The highest BCUT2D eigenvalue weighted by atomic mass is 35.5. The number of ether oxygens (including phenoxy) is 1. The van der Waals surface area contributed by atoms with Gasteiger partial charge in [-0.3, -0.25) is 0 Å². The smallest absolute Gasteiger partial charge is 0.383 e. The first kappa shape index (κ1) is 15.1. The molecule has 0 spiro atoms. The van der Waals surface area contributed by atoms with E-state index in [0.29, 0.717) is 18.8 Å². The third kappa shape index (κ3) is 4.72. The molecule has 16 heavy (non-hydrogen) atoms. The lowest BCUT2D eigenvalue weighted by molar-refractivity contribution is -0.137. The van der Waals surface area contributed by atoms with Crippen LogP contribution in [0.5, 0.6) is 0 Å². The van der Waals surface area contributed by atoms with E-state index in [1.807, 2.05) is 0 Å². The maximum Gasteiger partial charge on any atom is 0.416 e. The summed E-state index contributed by atoms with van der Waals surface area (Å²) in [6.45, 7) is 0.939. The van der Waals surface area contributed by atoms with Crippen LogP contribution in [0.3, 0.4) is 0 Å². The average Bonchev–Trinajstić information content (AvgIpc) is 2.17. The summed E-state index contributed by atoms with van der Waals surface area (Å²) in [6, 6.07) is 5.08. The Morgan fingerprint density at radius 3 is 2.56 bits per heavy atom. The number of nitrogens with one attached hydrogen (secondary N) is 1. The number of alkyl halides is 3. The summed E-state index contributed by atoms with van der Waals surface area (Å²) in [5, 5.41) is 2.83. The van der Waals surface area contributed by atoms with E-state index in [4.69, 9.17) is 4.74 Å². The summed E-state index contributed by atoms with van der Waals surface area (Å²) in [4.78, 5) is 0. The predicted molar refractivity (Wildman–Crippen MR) is 59.1 cm³/mol. The van der Waals surface area contributed by atoms with Crippen molar-refractivity contribution in [2.75, 3.05) is 25.6 Å². The summed E-state index contributed by atoms with van der Waals surface area (Å²) >= 11 is 0. The van der Waals surface area contributed by atoms with Crippen molar-refractivity contribution in [3.8, 4) is 0 Å². The van der Waals surface area contributed by atoms with Gasteiger partial charge in [0.05, 0.1) is 12.2 Å². The first-order valence-electron chi connectivity index (χ1n) is 4.44. The molecule has 0 radical (unpaired) electrons. The van der Waals surface area contributed by atoms with Gasteiger partial charge in [-0.1, -0.05) is 6.07 Å². The second kappa shape index (κ2) is 6.60. The van der Waals surface area contributed by atoms with Crippen LogP contribution in [0.15, 0.2) is 24.3 Å². The zero-order chi connectivity index (χ0) is 11.3. The zero-order valence-corrected chi connectivity index (χ0v) is 9.49. The van der Waals surface area contributed by atoms with E-state index < -0.39 is 11.7 Å². The van der Waals surface area contributed by atoms with Crippen molar-refractivity contribution in [3.05, 3.63) is 29.8 Å². The van der Waals surface area contributed by atoms with E-state index in [0.717, 1.165) is 12.1 Å². The Hall–Kier alpha value is -0.940. The molecule has 0 aromatic heterocycles. The molecule has 92 valence electrons. The van der Waals surface area contributed by atoms with Gasteiger partial charge in [0, 0.05) is 19.3 Å². The van der Waals surface area contributed by atoms with Crippen molar-refractivity contribution in [2.45, 2.75) is 6.18 Å². The lowest BCUT2D eigenvalue weighted by Gasteiger charge is -2.10. The van der Waals surface area contributed by atoms with Crippen LogP contribution in [0.2, 0.25) is 0 Å². The first-order valence-corrected chi connectivity index (χ1v) is 4.44. The van der Waals surface area contributed by atoms with Gasteiger partial charge >= 0.3 is 6.18 Å². The Morgan fingerprint density at radius 1 is 1.31 bits per heavy atom. The third-order valence-electron chi connectivity index (χ3n) is 1.83. The first-order chi connectivity index (χ1) is 7.04. The van der Waals surface area contributed by atoms with Gasteiger partial charge in [0.15, 0.2) is 0 Å². The van der Waals surface area contributed by atoms with Gasteiger partial charge in [-0.15, -0.1) is 12.4 Å². The molecule has 0 unspecified atom stereocenters. The molecule has 0 aliphatic heterocycles. The highest BCUT2D eigenvalue weighted by molar-refractivity contribution is 5.85. The fourth-order valence-corrected chi connectivity index (χ4v) is 1.10. The number of hydrogen-bond acceptors (Lipinski definition) is 2. The molecule has 0 heterocycles. The van der Waals surface area contributed by atoms with Gasteiger partial charge in [-0.05, 0) is 18.2 Å². The van der Waals surface area contributed by atoms with E-state index in [1.165, 1.54) is 13.2 Å². The van der Waals surface area contributed by atoms with Gasteiger partial charge < -0.3 is 10.1 Å². The molecule has 0 aliphatic carbocycles. The van der Waals surface area contributed by atoms with Crippen LogP contribution in [0, 0.1) is 0 Å². The molecule has 6 heteroatoms. The Morgan fingerprint density at radius 2 is 2.00 bits per heavy atom. The second-order valence-corrected chi connectivity index (χ2v) is 3.00. The highest BCUT2D eigenvalue weighted by Crippen LogP contribution is 2.30. The van der Waals surface area contributed by atoms with Crippen LogP contribution in [-0.2, 0) is 10.9 Å². The van der Waals surface area contributed by atoms with Crippen LogP contribution in [0.4, 0.5) is 18.9 Å². The van der Waals surface area contributed by atoms with E-state index >= 15 is 0 Å². The van der Waals surface area contributed by atoms with Crippen LogP contribution in [0.25, 0.3) is 0 Å². The molecule has 2 nitrogen and oxygen atoms in total. The number of hydrogen-bond donors (Lipinski definition) is 1. The molecule has 1 rings (SSSR count). The molecule has 0 saturated carbocycles. The van der Waals surface area contributed by atoms with Gasteiger partial charge in [-0.25, -0.2) is 0 Å². The summed E-state index contributed by atoms with van der Waals surface area (Å²) < 4.78 is 41.7. The van der Waals surface area contributed by atoms with E-state index in [2.05, 4.69) is 5.32 Å². The molecule has 1 aromatic rings. The Balaban J connectivity index is 0.00000225. The number of benzene rings is 1. The highest BCUT2D eigenvalue weighted by Gasteiger charge is 2.30. The summed E-state index contributed by atoms with van der Waals surface area (Å²) in [5.41, 5.74) is -0.202. The Bertz CT molecular complexity index is 317. The predicted octanol–water partition coefficient (Wildman–Crippen LogP) is 3.19.